The highest BCUT2D eigenvalue weighted by Gasteiger charge is 2.09. The number of hydrogen-bond acceptors (Lipinski definition) is 3. The zero-order valence-electron chi connectivity index (χ0n) is 14.0. The number of benzene rings is 2. The maximum atomic E-state index is 12.2. The Labute approximate surface area is 142 Å². The summed E-state index contributed by atoms with van der Waals surface area (Å²) in [4.78, 5) is 12.2. The molecule has 2 aromatic carbocycles. The molecule has 122 valence electrons. The Morgan fingerprint density at radius 3 is 2.29 bits per heavy atom. The Morgan fingerprint density at radius 2 is 1.75 bits per heavy atom. The molecule has 1 amide bonds. The molecule has 0 radical (unpaired) electrons. The molecule has 24 heavy (non-hydrogen) atoms. The molecule has 0 fully saturated rings. The van der Waals surface area contributed by atoms with E-state index < -0.39 is 5.91 Å². The average Bonchev–Trinajstić information content (AvgIpc) is 2.55. The third kappa shape index (κ3) is 4.99. The summed E-state index contributed by atoms with van der Waals surface area (Å²) in [6.07, 6.45) is 1.66. The minimum Gasteiger partial charge on any atom is -0.491 e. The first-order valence-electron chi connectivity index (χ1n) is 7.74. The highest BCUT2D eigenvalue weighted by molar-refractivity contribution is 6.09. The molecule has 2 rings (SSSR count). The molecule has 0 bridgehead atoms. The first-order valence-corrected chi connectivity index (χ1v) is 7.74. The first-order chi connectivity index (χ1) is 11.5. The van der Waals surface area contributed by atoms with Crippen molar-refractivity contribution in [1.82, 2.24) is 0 Å². The van der Waals surface area contributed by atoms with Crippen LogP contribution in [0.1, 0.15) is 25.0 Å². The van der Waals surface area contributed by atoms with Crippen molar-refractivity contribution >= 4 is 17.7 Å². The number of rotatable bonds is 5. The molecule has 0 unspecified atom stereocenters. The van der Waals surface area contributed by atoms with Gasteiger partial charge in [0, 0.05) is 5.69 Å². The highest BCUT2D eigenvalue weighted by atomic mass is 16.5. The van der Waals surface area contributed by atoms with Crippen molar-refractivity contribution in [2.24, 2.45) is 0 Å². The van der Waals surface area contributed by atoms with Crippen LogP contribution < -0.4 is 10.1 Å². The lowest BCUT2D eigenvalue weighted by molar-refractivity contribution is -0.112. The van der Waals surface area contributed by atoms with Crippen LogP contribution in [-0.2, 0) is 4.79 Å². The number of ether oxygens (including phenoxy) is 1. The second kappa shape index (κ2) is 7.98. The molecular weight excluding hydrogens is 300 g/mol. The van der Waals surface area contributed by atoms with Crippen LogP contribution in [0, 0.1) is 18.3 Å². The number of anilines is 1. The van der Waals surface area contributed by atoms with Gasteiger partial charge in [-0.3, -0.25) is 4.79 Å². The van der Waals surface area contributed by atoms with Crippen LogP contribution in [0.2, 0.25) is 0 Å². The largest absolute Gasteiger partial charge is 0.491 e. The summed E-state index contributed by atoms with van der Waals surface area (Å²) in [5.74, 6) is 0.327. The Morgan fingerprint density at radius 1 is 1.12 bits per heavy atom. The van der Waals surface area contributed by atoms with E-state index in [2.05, 4.69) is 5.32 Å². The second-order valence-corrected chi connectivity index (χ2v) is 5.73. The average molecular weight is 320 g/mol. The van der Waals surface area contributed by atoms with Crippen LogP contribution in [0.3, 0.4) is 0 Å². The summed E-state index contributed by atoms with van der Waals surface area (Å²) >= 11 is 0. The smallest absolute Gasteiger partial charge is 0.266 e. The van der Waals surface area contributed by atoms with Gasteiger partial charge in [0.15, 0.2) is 0 Å². The van der Waals surface area contributed by atoms with Crippen LogP contribution >= 0.6 is 0 Å². The predicted molar refractivity (Wildman–Crippen MR) is 95.6 cm³/mol. The lowest BCUT2D eigenvalue weighted by Gasteiger charge is -2.09. The molecule has 1 N–H and O–H groups in total. The zero-order valence-corrected chi connectivity index (χ0v) is 14.0. The quantitative estimate of drug-likeness (QED) is 0.659. The second-order valence-electron chi connectivity index (χ2n) is 5.73. The predicted octanol–water partition coefficient (Wildman–Crippen LogP) is 4.33. The van der Waals surface area contributed by atoms with Crippen LogP contribution in [0.5, 0.6) is 5.75 Å². The Balaban J connectivity index is 2.11. The fourth-order valence-electron chi connectivity index (χ4n) is 2.07. The van der Waals surface area contributed by atoms with Crippen LogP contribution in [0.15, 0.2) is 54.1 Å². The van der Waals surface area contributed by atoms with Gasteiger partial charge >= 0.3 is 0 Å². The van der Waals surface area contributed by atoms with Gasteiger partial charge in [0.25, 0.3) is 5.91 Å². The van der Waals surface area contributed by atoms with Gasteiger partial charge in [-0.2, -0.15) is 5.26 Å². The topological polar surface area (TPSA) is 62.1 Å². The van der Waals surface area contributed by atoms with E-state index in [1.54, 1.807) is 18.2 Å². The summed E-state index contributed by atoms with van der Waals surface area (Å²) in [5.41, 5.74) is 2.58. The van der Waals surface area contributed by atoms with Gasteiger partial charge in [-0.25, -0.2) is 0 Å². The molecule has 4 heteroatoms. The molecule has 0 aliphatic carbocycles. The molecule has 0 aliphatic heterocycles. The highest BCUT2D eigenvalue weighted by Crippen LogP contribution is 2.17. The third-order valence-electron chi connectivity index (χ3n) is 3.24. The van der Waals surface area contributed by atoms with Crippen molar-refractivity contribution in [3.05, 3.63) is 65.2 Å². The van der Waals surface area contributed by atoms with Gasteiger partial charge in [0.1, 0.15) is 17.4 Å². The van der Waals surface area contributed by atoms with Gasteiger partial charge < -0.3 is 10.1 Å². The van der Waals surface area contributed by atoms with Gasteiger partial charge in [-0.15, -0.1) is 0 Å². The van der Waals surface area contributed by atoms with Crippen molar-refractivity contribution in [2.75, 3.05) is 5.32 Å². The van der Waals surface area contributed by atoms with Gasteiger partial charge in [0.2, 0.25) is 0 Å². The normalized spacial score (nSPS) is 11.0. The van der Waals surface area contributed by atoms with Gasteiger partial charge in [-0.05, 0) is 56.7 Å². The van der Waals surface area contributed by atoms with Gasteiger partial charge in [0.05, 0.1) is 6.10 Å². The number of nitrogens with zero attached hydrogens (tertiary/aromatic N) is 1. The van der Waals surface area contributed by atoms with Crippen molar-refractivity contribution in [1.29, 1.82) is 5.26 Å². The fraction of sp³-hybridized carbons (Fsp3) is 0.200. The summed E-state index contributed by atoms with van der Waals surface area (Å²) in [5, 5.41) is 12.0. The van der Waals surface area contributed by atoms with E-state index >= 15 is 0 Å². The Kier molecular flexibility index (Phi) is 5.75. The van der Waals surface area contributed by atoms with Crippen molar-refractivity contribution in [2.45, 2.75) is 26.9 Å². The molecule has 4 nitrogen and oxygen atoms in total. The van der Waals surface area contributed by atoms with Crippen LogP contribution in [-0.4, -0.2) is 12.0 Å². The Bertz CT molecular complexity index is 767. The summed E-state index contributed by atoms with van der Waals surface area (Å²) < 4.78 is 5.57. The molecule has 0 aromatic heterocycles. The Hall–Kier alpha value is -3.06. The molecule has 2 aromatic rings. The molecular formula is C20H20N2O2. The van der Waals surface area contributed by atoms with E-state index in [0.29, 0.717) is 5.69 Å². The molecule has 0 saturated heterocycles. The minimum atomic E-state index is -0.427. The molecule has 0 atom stereocenters. The molecule has 0 spiro atoms. The van der Waals surface area contributed by atoms with E-state index in [0.717, 1.165) is 16.9 Å². The van der Waals surface area contributed by atoms with Crippen molar-refractivity contribution < 1.29 is 9.53 Å². The monoisotopic (exact) mass is 320 g/mol. The lowest BCUT2D eigenvalue weighted by Crippen LogP contribution is -2.13. The van der Waals surface area contributed by atoms with E-state index in [4.69, 9.17) is 4.74 Å². The maximum Gasteiger partial charge on any atom is 0.266 e. The van der Waals surface area contributed by atoms with E-state index in [1.165, 1.54) is 0 Å². The lowest BCUT2D eigenvalue weighted by atomic mass is 10.1. The van der Waals surface area contributed by atoms with E-state index in [1.807, 2.05) is 63.2 Å². The number of amides is 1. The van der Waals surface area contributed by atoms with Crippen molar-refractivity contribution in [3.63, 3.8) is 0 Å². The van der Waals surface area contributed by atoms with Crippen molar-refractivity contribution in [3.8, 4) is 11.8 Å². The number of aryl methyl sites for hydroxylation is 1. The number of hydrogen-bond donors (Lipinski definition) is 1. The standard InChI is InChI=1S/C20H20N2O2/c1-14(2)24-19-10-6-16(7-11-19)12-17(13-21)20(23)22-18-8-4-15(3)5-9-18/h4-12,14H,1-3H3,(H,22,23). The van der Waals surface area contributed by atoms with E-state index in [-0.39, 0.29) is 11.7 Å². The molecule has 0 saturated carbocycles. The van der Waals surface area contributed by atoms with E-state index in [9.17, 15) is 10.1 Å². The SMILES string of the molecule is Cc1ccc(NC(=O)C(C#N)=Cc2ccc(OC(C)C)cc2)cc1. The summed E-state index contributed by atoms with van der Waals surface area (Å²) in [6.45, 7) is 5.88. The number of carbonyl (C=O) groups excluding carboxylic acids is 1. The number of nitrogens with one attached hydrogen (secondary N) is 1. The zero-order chi connectivity index (χ0) is 17.5. The number of carbonyl (C=O) groups is 1. The molecule has 0 heterocycles. The first kappa shape index (κ1) is 17.3. The fourth-order valence-corrected chi connectivity index (χ4v) is 2.07. The minimum absolute atomic E-state index is 0.0492. The summed E-state index contributed by atoms with van der Waals surface area (Å²) in [6, 6.07) is 16.6. The third-order valence-corrected chi connectivity index (χ3v) is 3.24. The van der Waals surface area contributed by atoms with Crippen LogP contribution in [0.25, 0.3) is 6.08 Å². The van der Waals surface area contributed by atoms with Gasteiger partial charge in [-0.1, -0.05) is 29.8 Å². The maximum absolute atomic E-state index is 12.2. The van der Waals surface area contributed by atoms with Crippen LogP contribution in [0.4, 0.5) is 5.69 Å². The number of nitriles is 1. The summed E-state index contributed by atoms with van der Waals surface area (Å²) in [7, 11) is 0. The molecule has 0 aliphatic rings.